The highest BCUT2D eigenvalue weighted by Crippen LogP contribution is 2.39. The Labute approximate surface area is 337 Å². The van der Waals surface area contributed by atoms with E-state index in [2.05, 4.69) is 38.8 Å². The number of amides is 4. The first kappa shape index (κ1) is 40.1. The Balaban J connectivity index is 1.09. The van der Waals surface area contributed by atoms with E-state index in [1.807, 2.05) is 58.9 Å². The van der Waals surface area contributed by atoms with E-state index in [-0.39, 0.29) is 35.7 Å². The normalized spacial score (nSPS) is 17.9. The molecule has 2 aliphatic heterocycles. The molecule has 4 amide bonds. The summed E-state index contributed by atoms with van der Waals surface area (Å²) >= 11 is 0. The highest BCUT2D eigenvalue weighted by Gasteiger charge is 2.39. The van der Waals surface area contributed by atoms with Gasteiger partial charge in [0.2, 0.25) is 11.8 Å². The maximum Gasteiger partial charge on any atom is 0.407 e. The second-order valence-electron chi connectivity index (χ2n) is 15.8. The van der Waals surface area contributed by atoms with Crippen LogP contribution in [0.3, 0.4) is 0 Å². The number of carbonyl (C=O) groups is 4. The second-order valence-corrected chi connectivity index (χ2v) is 15.8. The van der Waals surface area contributed by atoms with Crippen molar-refractivity contribution in [1.82, 2.24) is 40.4 Å². The van der Waals surface area contributed by atoms with Crippen molar-refractivity contribution >= 4 is 35.0 Å². The molecule has 0 radical (unpaired) electrons. The molecule has 5 aromatic rings. The Kier molecular flexibility index (Phi) is 11.6. The summed E-state index contributed by atoms with van der Waals surface area (Å²) in [5, 5.41) is 6.36. The summed E-state index contributed by atoms with van der Waals surface area (Å²) in [5.41, 5.74) is 6.18. The Morgan fingerprint density at radius 3 is 1.72 bits per heavy atom. The minimum absolute atomic E-state index is 0.116. The molecule has 4 atom stereocenters. The van der Waals surface area contributed by atoms with Crippen LogP contribution in [-0.4, -0.2) is 93.1 Å². The van der Waals surface area contributed by atoms with E-state index in [1.54, 1.807) is 22.2 Å². The van der Waals surface area contributed by atoms with E-state index in [1.165, 1.54) is 14.2 Å². The van der Waals surface area contributed by atoms with Crippen molar-refractivity contribution in [2.24, 2.45) is 11.8 Å². The number of hydrogen-bond donors (Lipinski definition) is 4. The van der Waals surface area contributed by atoms with Gasteiger partial charge in [0.05, 0.1) is 50.1 Å². The zero-order valence-corrected chi connectivity index (χ0v) is 34.0. The number of hydrogen-bond acceptors (Lipinski definition) is 9. The molecule has 7 rings (SSSR count). The lowest BCUT2D eigenvalue weighted by molar-refractivity contribution is -0.136. The number of aromatic nitrogens is 4. The fraction of sp³-hybridized carbons (Fsp3) is 0.442. The molecule has 306 valence electrons. The van der Waals surface area contributed by atoms with Crippen molar-refractivity contribution < 1.29 is 33.1 Å². The van der Waals surface area contributed by atoms with E-state index in [9.17, 15) is 19.2 Å². The van der Waals surface area contributed by atoms with Crippen molar-refractivity contribution in [3.8, 4) is 33.6 Å². The number of rotatable bonds is 11. The van der Waals surface area contributed by atoms with Crippen LogP contribution in [-0.2, 0) is 19.1 Å². The minimum Gasteiger partial charge on any atom is -0.461 e. The number of ether oxygens (including phenoxy) is 2. The molecule has 2 aromatic carbocycles. The van der Waals surface area contributed by atoms with E-state index in [0.29, 0.717) is 24.7 Å². The van der Waals surface area contributed by atoms with Crippen molar-refractivity contribution in [2.75, 3.05) is 27.3 Å². The number of nitrogens with one attached hydrogen (secondary N) is 4. The number of nitrogens with zero attached hydrogens (tertiary/aromatic N) is 4. The van der Waals surface area contributed by atoms with E-state index >= 15 is 0 Å². The average Bonchev–Trinajstić information content (AvgIpc) is 4.06. The molecule has 15 heteroatoms. The summed E-state index contributed by atoms with van der Waals surface area (Å²) in [6.07, 6.45) is 5.49. The molecule has 0 unspecified atom stereocenters. The van der Waals surface area contributed by atoms with Crippen molar-refractivity contribution in [1.29, 1.82) is 0 Å². The Bertz CT molecular complexity index is 2290. The number of fused-ring (bicyclic) bond motifs is 1. The van der Waals surface area contributed by atoms with Crippen LogP contribution in [0.25, 0.3) is 44.6 Å². The molecular weight excluding hydrogens is 741 g/mol. The topological polar surface area (TPSA) is 188 Å². The van der Waals surface area contributed by atoms with Gasteiger partial charge in [-0.1, -0.05) is 58.0 Å². The number of likely N-dealkylation sites (tertiary alicyclic amines) is 2. The summed E-state index contributed by atoms with van der Waals surface area (Å²) in [5.74, 6) is 1.61. The molecule has 0 aliphatic carbocycles. The summed E-state index contributed by atoms with van der Waals surface area (Å²) in [4.78, 5) is 71.3. The van der Waals surface area contributed by atoms with Crippen LogP contribution in [0.5, 0.6) is 0 Å². The van der Waals surface area contributed by atoms with Crippen LogP contribution in [0.15, 0.2) is 59.3 Å². The Morgan fingerprint density at radius 2 is 1.21 bits per heavy atom. The van der Waals surface area contributed by atoms with Gasteiger partial charge in [-0.05, 0) is 73.3 Å². The molecule has 3 aromatic heterocycles. The summed E-state index contributed by atoms with van der Waals surface area (Å²) in [6, 6.07) is 12.5. The minimum atomic E-state index is -0.714. The van der Waals surface area contributed by atoms with Gasteiger partial charge in [0, 0.05) is 24.0 Å². The van der Waals surface area contributed by atoms with Crippen LogP contribution in [0.2, 0.25) is 0 Å². The van der Waals surface area contributed by atoms with E-state index < -0.39 is 24.3 Å². The van der Waals surface area contributed by atoms with Gasteiger partial charge in [0.15, 0.2) is 0 Å². The summed E-state index contributed by atoms with van der Waals surface area (Å²) in [7, 11) is 2.57. The molecule has 2 saturated heterocycles. The molecule has 2 fully saturated rings. The quantitative estimate of drug-likeness (QED) is 0.107. The van der Waals surface area contributed by atoms with Gasteiger partial charge in [-0.15, -0.1) is 0 Å². The van der Waals surface area contributed by atoms with Crippen LogP contribution < -0.4 is 10.6 Å². The number of methoxy groups -OCH3 is 2. The van der Waals surface area contributed by atoms with Crippen LogP contribution in [0, 0.1) is 18.8 Å². The van der Waals surface area contributed by atoms with Gasteiger partial charge in [-0.25, -0.2) is 19.6 Å². The largest absolute Gasteiger partial charge is 0.461 e. The maximum atomic E-state index is 13.7. The van der Waals surface area contributed by atoms with E-state index in [0.717, 1.165) is 76.1 Å². The van der Waals surface area contributed by atoms with Crippen LogP contribution in [0.4, 0.5) is 9.59 Å². The maximum absolute atomic E-state index is 13.7. The standard InChI is InChI=1S/C43H52N8O7/c1-23(2)35(48-42(54)56-6)40(52)50-18-8-10-33(50)38-44-21-31(46-38)27-14-12-26(13-15-27)28-16-17-29(37-30(28)20-25(5)58-37)32-22-45-39(47-32)34-11-9-19-51(34)41(53)36(24(3)4)49-43(55)57-7/h12-17,20-24,33-36H,8-11,18-19H2,1-7H3,(H,44,46)(H,45,47)(H,48,54)(H,49,55)/t33-,34-,35-,36-/m0/s1. The first-order valence-corrected chi connectivity index (χ1v) is 19.9. The SMILES string of the molecule is COC(=O)N[C@H](C(=O)N1CCC[C@H]1c1ncc(-c2ccc(-c3ccc(-c4cnc([C@@H]5CCCN5C(=O)[C@@H](NC(=O)OC)C(C)C)[nH]4)c4oc(C)cc34)cc2)[nH]1)C(C)C. The van der Waals surface area contributed by atoms with Gasteiger partial charge in [-0.2, -0.15) is 0 Å². The van der Waals surface area contributed by atoms with Gasteiger partial charge >= 0.3 is 12.2 Å². The predicted octanol–water partition coefficient (Wildman–Crippen LogP) is 7.28. The zero-order valence-electron chi connectivity index (χ0n) is 34.0. The molecule has 4 N–H and O–H groups in total. The first-order chi connectivity index (χ1) is 27.9. The molecule has 0 spiro atoms. The summed E-state index contributed by atoms with van der Waals surface area (Å²) < 4.78 is 15.9. The predicted molar refractivity (Wildman–Crippen MR) is 217 cm³/mol. The number of alkyl carbamates (subject to hydrolysis) is 2. The zero-order chi connectivity index (χ0) is 41.2. The molecule has 58 heavy (non-hydrogen) atoms. The van der Waals surface area contributed by atoms with Crippen LogP contribution >= 0.6 is 0 Å². The monoisotopic (exact) mass is 792 g/mol. The van der Waals surface area contributed by atoms with Crippen molar-refractivity contribution in [3.05, 3.63) is 72.3 Å². The number of aryl methyl sites for hydroxylation is 1. The van der Waals surface area contributed by atoms with Gasteiger partial charge < -0.3 is 44.3 Å². The molecule has 2 aliphatic rings. The Morgan fingerprint density at radius 1 is 0.724 bits per heavy atom. The third kappa shape index (κ3) is 7.89. The fourth-order valence-corrected chi connectivity index (χ4v) is 8.22. The van der Waals surface area contributed by atoms with Crippen molar-refractivity contribution in [2.45, 2.75) is 84.5 Å². The lowest BCUT2D eigenvalue weighted by Gasteiger charge is -2.30. The number of furan rings is 1. The molecule has 0 saturated carbocycles. The number of imidazole rings is 2. The van der Waals surface area contributed by atoms with E-state index in [4.69, 9.17) is 23.9 Å². The number of benzene rings is 2. The molecular formula is C43H52N8O7. The lowest BCUT2D eigenvalue weighted by Crippen LogP contribution is -2.51. The number of carbonyl (C=O) groups excluding carboxylic acids is 4. The fourth-order valence-electron chi connectivity index (χ4n) is 8.22. The van der Waals surface area contributed by atoms with Gasteiger partial charge in [0.25, 0.3) is 0 Å². The highest BCUT2D eigenvalue weighted by molar-refractivity contribution is 6.02. The third-order valence-electron chi connectivity index (χ3n) is 11.3. The van der Waals surface area contributed by atoms with Gasteiger partial charge in [-0.3, -0.25) is 9.59 Å². The second kappa shape index (κ2) is 16.8. The lowest BCUT2D eigenvalue weighted by atomic mass is 9.97. The molecule has 5 heterocycles. The van der Waals surface area contributed by atoms with Crippen LogP contribution in [0.1, 0.15) is 82.9 Å². The summed E-state index contributed by atoms with van der Waals surface area (Å²) in [6.45, 7) is 10.7. The Hall–Kier alpha value is -6.12. The third-order valence-corrected chi connectivity index (χ3v) is 11.3. The highest BCUT2D eigenvalue weighted by atomic mass is 16.5. The van der Waals surface area contributed by atoms with Crippen molar-refractivity contribution in [3.63, 3.8) is 0 Å². The first-order valence-electron chi connectivity index (χ1n) is 19.9. The molecule has 0 bridgehead atoms. The average molecular weight is 793 g/mol. The smallest absolute Gasteiger partial charge is 0.407 e. The molecule has 15 nitrogen and oxygen atoms in total. The number of aromatic amines is 2. The number of H-pyrrole nitrogens is 2. The van der Waals surface area contributed by atoms with Gasteiger partial charge in [0.1, 0.15) is 35.1 Å².